The van der Waals surface area contributed by atoms with Gasteiger partial charge in [0.05, 0.1) is 10.9 Å². The maximum absolute atomic E-state index is 5.24. The molecule has 15 heavy (non-hydrogen) atoms. The first-order valence-electron chi connectivity index (χ1n) is 4.62. The fourth-order valence-corrected chi connectivity index (χ4v) is 3.02. The summed E-state index contributed by atoms with van der Waals surface area (Å²) in [5.74, 6) is 3.36. The quantitative estimate of drug-likeness (QED) is 0.870. The lowest BCUT2D eigenvalue weighted by Crippen LogP contribution is -2.14. The van der Waals surface area contributed by atoms with Gasteiger partial charge in [-0.15, -0.1) is 23.1 Å². The first-order chi connectivity index (χ1) is 7.43. The molecule has 1 fully saturated rings. The van der Waals surface area contributed by atoms with Gasteiger partial charge in [0.15, 0.2) is 0 Å². The molecule has 0 saturated carbocycles. The van der Waals surface area contributed by atoms with Gasteiger partial charge in [0.1, 0.15) is 0 Å². The van der Waals surface area contributed by atoms with E-state index >= 15 is 0 Å². The molecule has 1 unspecified atom stereocenters. The maximum atomic E-state index is 5.24. The van der Waals surface area contributed by atoms with E-state index in [1.807, 2.05) is 29.3 Å². The van der Waals surface area contributed by atoms with Crippen LogP contribution in [-0.4, -0.2) is 21.8 Å². The van der Waals surface area contributed by atoms with Crippen molar-refractivity contribution in [2.75, 3.05) is 11.6 Å². The third kappa shape index (κ3) is 1.80. The highest BCUT2D eigenvalue weighted by atomic mass is 32.2. The van der Waals surface area contributed by atoms with Gasteiger partial charge < -0.3 is 4.52 Å². The number of aromatic nitrogens is 2. The van der Waals surface area contributed by atoms with Gasteiger partial charge in [-0.25, -0.2) is 0 Å². The molecule has 1 aliphatic heterocycles. The molecule has 1 saturated heterocycles. The minimum absolute atomic E-state index is 0.219. The summed E-state index contributed by atoms with van der Waals surface area (Å²) in [4.78, 5) is 5.44. The van der Waals surface area contributed by atoms with Crippen LogP contribution < -0.4 is 5.32 Å². The van der Waals surface area contributed by atoms with Crippen LogP contribution >= 0.6 is 23.1 Å². The molecule has 1 atom stereocenters. The van der Waals surface area contributed by atoms with E-state index in [2.05, 4.69) is 15.5 Å². The van der Waals surface area contributed by atoms with Crippen LogP contribution in [0.5, 0.6) is 0 Å². The van der Waals surface area contributed by atoms with Crippen molar-refractivity contribution in [2.24, 2.45) is 0 Å². The lowest BCUT2D eigenvalue weighted by molar-refractivity contribution is 0.351. The molecule has 1 N–H and O–H groups in total. The number of thioether (sulfide) groups is 1. The Morgan fingerprint density at radius 3 is 3.27 bits per heavy atom. The number of hydrogen-bond donors (Lipinski definition) is 1. The van der Waals surface area contributed by atoms with Crippen molar-refractivity contribution in [1.29, 1.82) is 0 Å². The van der Waals surface area contributed by atoms with Crippen molar-refractivity contribution >= 4 is 23.1 Å². The molecule has 78 valence electrons. The van der Waals surface area contributed by atoms with E-state index in [-0.39, 0.29) is 6.04 Å². The Bertz CT molecular complexity index is 434. The molecule has 0 aromatic carbocycles. The highest BCUT2D eigenvalue weighted by Crippen LogP contribution is 2.26. The average molecular weight is 239 g/mol. The first-order valence-corrected chi connectivity index (χ1v) is 6.65. The van der Waals surface area contributed by atoms with Crippen LogP contribution in [0, 0.1) is 0 Å². The molecule has 3 heterocycles. The number of nitrogens with zero attached hydrogens (tertiary/aromatic N) is 2. The standard InChI is InChI=1S/C9H9N3OS2/c1-2-7(15-3-1)8-11-9(13-12-8)6-4-14-5-10-6/h1-3,6,10H,4-5H2. The number of thiophene rings is 1. The molecule has 0 bridgehead atoms. The van der Waals surface area contributed by atoms with E-state index in [0.29, 0.717) is 11.7 Å². The van der Waals surface area contributed by atoms with Crippen molar-refractivity contribution in [3.63, 3.8) is 0 Å². The van der Waals surface area contributed by atoms with Crippen LogP contribution in [0.15, 0.2) is 22.0 Å². The zero-order chi connectivity index (χ0) is 10.1. The molecule has 4 nitrogen and oxygen atoms in total. The van der Waals surface area contributed by atoms with Gasteiger partial charge in [0.25, 0.3) is 0 Å². The predicted octanol–water partition coefficient (Wildman–Crippen LogP) is 2.13. The van der Waals surface area contributed by atoms with Crippen molar-refractivity contribution in [1.82, 2.24) is 15.5 Å². The maximum Gasteiger partial charge on any atom is 0.245 e. The number of hydrogen-bond acceptors (Lipinski definition) is 6. The van der Waals surface area contributed by atoms with Crippen LogP contribution in [0.2, 0.25) is 0 Å². The van der Waals surface area contributed by atoms with Crippen molar-refractivity contribution in [3.8, 4) is 10.7 Å². The summed E-state index contributed by atoms with van der Waals surface area (Å²) in [5.41, 5.74) is 0. The molecule has 0 aliphatic carbocycles. The van der Waals surface area contributed by atoms with Gasteiger partial charge >= 0.3 is 0 Å². The Hall–Kier alpha value is -0.850. The highest BCUT2D eigenvalue weighted by Gasteiger charge is 2.23. The smallest absolute Gasteiger partial charge is 0.245 e. The zero-order valence-electron chi connectivity index (χ0n) is 7.84. The van der Waals surface area contributed by atoms with E-state index in [0.717, 1.165) is 16.5 Å². The lowest BCUT2D eigenvalue weighted by atomic mass is 10.3. The minimum atomic E-state index is 0.219. The molecule has 6 heteroatoms. The fourth-order valence-electron chi connectivity index (χ4n) is 1.44. The molecule has 1 aliphatic rings. The lowest BCUT2D eigenvalue weighted by Gasteiger charge is -1.99. The van der Waals surface area contributed by atoms with Gasteiger partial charge in [-0.2, -0.15) is 4.98 Å². The van der Waals surface area contributed by atoms with Crippen LogP contribution in [0.25, 0.3) is 10.7 Å². The summed E-state index contributed by atoms with van der Waals surface area (Å²) < 4.78 is 5.24. The van der Waals surface area contributed by atoms with Gasteiger partial charge in [-0.1, -0.05) is 11.2 Å². The Morgan fingerprint density at radius 2 is 2.53 bits per heavy atom. The summed E-state index contributed by atoms with van der Waals surface area (Å²) in [5, 5.41) is 9.29. The third-order valence-electron chi connectivity index (χ3n) is 2.20. The number of rotatable bonds is 2. The van der Waals surface area contributed by atoms with Crippen LogP contribution in [0.4, 0.5) is 0 Å². The van der Waals surface area contributed by atoms with Crippen molar-refractivity contribution < 1.29 is 4.52 Å². The average Bonchev–Trinajstić information content (AvgIpc) is 3.02. The van der Waals surface area contributed by atoms with E-state index < -0.39 is 0 Å². The molecule has 2 aromatic rings. The SMILES string of the molecule is c1csc(-c2noc(C3CSCN3)n2)c1. The van der Waals surface area contributed by atoms with E-state index in [1.165, 1.54) is 0 Å². The second kappa shape index (κ2) is 3.96. The molecule has 3 rings (SSSR count). The normalized spacial score (nSPS) is 20.9. The zero-order valence-corrected chi connectivity index (χ0v) is 9.48. The molecule has 0 spiro atoms. The molecule has 0 amide bonds. The molecular weight excluding hydrogens is 230 g/mol. The Morgan fingerprint density at radius 1 is 1.53 bits per heavy atom. The molecular formula is C9H9N3OS2. The van der Waals surface area contributed by atoms with Crippen molar-refractivity contribution in [3.05, 3.63) is 23.4 Å². The topological polar surface area (TPSA) is 51.0 Å². The van der Waals surface area contributed by atoms with Crippen LogP contribution in [-0.2, 0) is 0 Å². The summed E-state index contributed by atoms with van der Waals surface area (Å²) in [6.07, 6.45) is 0. The second-order valence-corrected chi connectivity index (χ2v) is 5.18. The first kappa shape index (κ1) is 9.38. The molecule has 0 radical (unpaired) electrons. The monoisotopic (exact) mass is 239 g/mol. The minimum Gasteiger partial charge on any atom is -0.337 e. The largest absolute Gasteiger partial charge is 0.337 e. The summed E-state index contributed by atoms with van der Waals surface area (Å²) >= 11 is 3.47. The van der Waals surface area contributed by atoms with E-state index in [9.17, 15) is 0 Å². The Labute approximate surface area is 95.1 Å². The second-order valence-electron chi connectivity index (χ2n) is 3.21. The van der Waals surface area contributed by atoms with Crippen molar-refractivity contribution in [2.45, 2.75) is 6.04 Å². The summed E-state index contributed by atoms with van der Waals surface area (Å²) in [6, 6.07) is 4.20. The van der Waals surface area contributed by atoms with Gasteiger partial charge in [0.2, 0.25) is 11.7 Å². The Balaban J connectivity index is 1.87. The third-order valence-corrected chi connectivity index (χ3v) is 4.00. The Kier molecular flexibility index (Phi) is 2.47. The summed E-state index contributed by atoms with van der Waals surface area (Å²) in [7, 11) is 0. The van der Waals surface area contributed by atoms with E-state index in [1.54, 1.807) is 11.3 Å². The summed E-state index contributed by atoms with van der Waals surface area (Å²) in [6.45, 7) is 0. The van der Waals surface area contributed by atoms with E-state index in [4.69, 9.17) is 4.52 Å². The van der Waals surface area contributed by atoms with Crippen LogP contribution in [0.3, 0.4) is 0 Å². The van der Waals surface area contributed by atoms with Gasteiger partial charge in [-0.05, 0) is 11.4 Å². The molecule has 2 aromatic heterocycles. The van der Waals surface area contributed by atoms with Gasteiger partial charge in [-0.3, -0.25) is 5.32 Å². The van der Waals surface area contributed by atoms with Gasteiger partial charge in [0, 0.05) is 11.6 Å². The predicted molar refractivity (Wildman–Crippen MR) is 60.8 cm³/mol. The fraction of sp³-hybridized carbons (Fsp3) is 0.333. The highest BCUT2D eigenvalue weighted by molar-refractivity contribution is 7.99. The van der Waals surface area contributed by atoms with Crippen LogP contribution in [0.1, 0.15) is 11.9 Å². The number of nitrogens with one attached hydrogen (secondary N) is 1.